The molecule has 0 spiro atoms. The molecule has 27 heavy (non-hydrogen) atoms. The molecular weight excluding hydrogens is 350 g/mol. The summed E-state index contributed by atoms with van der Waals surface area (Å²) in [7, 11) is 0. The molecule has 2 aromatic rings. The molecule has 3 rings (SSSR count). The van der Waals surface area contributed by atoms with E-state index < -0.39 is 9.85 Å². The van der Waals surface area contributed by atoms with Crippen molar-refractivity contribution in [3.63, 3.8) is 0 Å². The first kappa shape index (κ1) is 18.8. The van der Waals surface area contributed by atoms with Gasteiger partial charge in [0, 0.05) is 36.9 Å². The maximum atomic E-state index is 10.7. The van der Waals surface area contributed by atoms with Crippen LogP contribution in [0.4, 0.5) is 11.4 Å². The van der Waals surface area contributed by atoms with Crippen molar-refractivity contribution in [2.75, 3.05) is 19.7 Å². The first-order valence-corrected chi connectivity index (χ1v) is 8.87. The largest absolute Gasteiger partial charge is 0.492 e. The summed E-state index contributed by atoms with van der Waals surface area (Å²) in [5.74, 6) is 0.628. The van der Waals surface area contributed by atoms with E-state index in [4.69, 9.17) is 4.74 Å². The lowest BCUT2D eigenvalue weighted by Crippen LogP contribution is -2.35. The minimum atomic E-state index is -0.430. The summed E-state index contributed by atoms with van der Waals surface area (Å²) in [6, 6.07) is 13.1. The van der Waals surface area contributed by atoms with Gasteiger partial charge in [-0.05, 0) is 43.5 Å². The van der Waals surface area contributed by atoms with Gasteiger partial charge in [-0.25, -0.2) is 0 Å². The van der Waals surface area contributed by atoms with E-state index in [0.29, 0.717) is 18.4 Å². The van der Waals surface area contributed by atoms with Crippen LogP contribution in [0.1, 0.15) is 18.4 Å². The molecule has 0 amide bonds. The van der Waals surface area contributed by atoms with Gasteiger partial charge in [0.2, 0.25) is 0 Å². The Morgan fingerprint density at radius 3 is 2.15 bits per heavy atom. The molecule has 0 N–H and O–H groups in total. The summed E-state index contributed by atoms with van der Waals surface area (Å²) in [5, 5.41) is 21.4. The molecule has 0 aromatic heterocycles. The van der Waals surface area contributed by atoms with Crippen molar-refractivity contribution in [2.45, 2.75) is 25.3 Å². The lowest BCUT2D eigenvalue weighted by Gasteiger charge is -2.24. The number of non-ortho nitro benzene ring substituents is 2. The predicted octanol–water partition coefficient (Wildman–Crippen LogP) is 3.59. The van der Waals surface area contributed by atoms with Crippen LogP contribution >= 0.6 is 0 Å². The van der Waals surface area contributed by atoms with Crippen molar-refractivity contribution >= 4 is 11.4 Å². The molecule has 1 heterocycles. The summed E-state index contributed by atoms with van der Waals surface area (Å²) in [5.41, 5.74) is 1.23. The van der Waals surface area contributed by atoms with Crippen LogP contribution in [0.15, 0.2) is 48.5 Å². The highest BCUT2D eigenvalue weighted by Crippen LogP contribution is 2.22. The summed E-state index contributed by atoms with van der Waals surface area (Å²) in [6.45, 7) is 2.41. The average Bonchev–Trinajstić information content (AvgIpc) is 3.12. The van der Waals surface area contributed by atoms with Crippen LogP contribution in [-0.4, -0.2) is 40.5 Å². The second-order valence-corrected chi connectivity index (χ2v) is 6.57. The van der Waals surface area contributed by atoms with E-state index in [0.717, 1.165) is 37.9 Å². The first-order valence-electron chi connectivity index (χ1n) is 8.87. The topological polar surface area (TPSA) is 98.8 Å². The number of rotatable bonds is 8. The average molecular weight is 371 g/mol. The number of nitro groups is 2. The Hall–Kier alpha value is -3.00. The van der Waals surface area contributed by atoms with E-state index in [1.807, 2.05) is 0 Å². The summed E-state index contributed by atoms with van der Waals surface area (Å²) < 4.78 is 5.81. The SMILES string of the molecule is O=[N+]([O-])c1ccc(CCN2CCCC2COc2ccc([N+](=O)[O-])cc2)cc1. The van der Waals surface area contributed by atoms with E-state index in [2.05, 4.69) is 4.90 Å². The predicted molar refractivity (Wildman–Crippen MR) is 100.0 cm³/mol. The molecule has 0 radical (unpaired) electrons. The van der Waals surface area contributed by atoms with Crippen molar-refractivity contribution in [3.05, 3.63) is 74.3 Å². The van der Waals surface area contributed by atoms with Crippen LogP contribution < -0.4 is 4.74 Å². The molecule has 2 aromatic carbocycles. The van der Waals surface area contributed by atoms with Gasteiger partial charge in [-0.1, -0.05) is 12.1 Å². The van der Waals surface area contributed by atoms with Gasteiger partial charge < -0.3 is 4.74 Å². The standard InChI is InChI=1S/C19H21N3O5/c23-21(24)16-5-3-15(4-6-16)11-13-20-12-1-2-18(20)14-27-19-9-7-17(8-10-19)22(25)26/h3-10,18H,1-2,11-14H2. The quantitative estimate of drug-likeness (QED) is 0.519. The van der Waals surface area contributed by atoms with E-state index in [1.54, 1.807) is 24.3 Å². The highest BCUT2D eigenvalue weighted by atomic mass is 16.6. The van der Waals surface area contributed by atoms with Crippen molar-refractivity contribution < 1.29 is 14.6 Å². The number of nitro benzene ring substituents is 2. The third-order valence-electron chi connectivity index (χ3n) is 4.82. The molecular formula is C19H21N3O5. The third kappa shape index (κ3) is 5.01. The second-order valence-electron chi connectivity index (χ2n) is 6.57. The van der Waals surface area contributed by atoms with E-state index in [9.17, 15) is 20.2 Å². The molecule has 8 nitrogen and oxygen atoms in total. The van der Waals surface area contributed by atoms with Crippen LogP contribution in [0.3, 0.4) is 0 Å². The van der Waals surface area contributed by atoms with Crippen LogP contribution in [0.5, 0.6) is 5.75 Å². The maximum Gasteiger partial charge on any atom is 0.269 e. The summed E-state index contributed by atoms with van der Waals surface area (Å²) in [4.78, 5) is 22.9. The Morgan fingerprint density at radius 2 is 1.56 bits per heavy atom. The fraction of sp³-hybridized carbons (Fsp3) is 0.368. The van der Waals surface area contributed by atoms with Crippen molar-refractivity contribution in [3.8, 4) is 5.75 Å². The zero-order chi connectivity index (χ0) is 19.2. The molecule has 0 bridgehead atoms. The van der Waals surface area contributed by atoms with Gasteiger partial charge >= 0.3 is 0 Å². The number of hydrogen-bond acceptors (Lipinski definition) is 6. The highest BCUT2D eigenvalue weighted by molar-refractivity contribution is 5.36. The van der Waals surface area contributed by atoms with Crippen molar-refractivity contribution in [2.24, 2.45) is 0 Å². The molecule has 1 aliphatic rings. The highest BCUT2D eigenvalue weighted by Gasteiger charge is 2.24. The molecule has 1 saturated heterocycles. The van der Waals surface area contributed by atoms with Gasteiger partial charge in [0.15, 0.2) is 0 Å². The van der Waals surface area contributed by atoms with Gasteiger partial charge in [0.05, 0.1) is 9.85 Å². The molecule has 1 aliphatic heterocycles. The number of hydrogen-bond donors (Lipinski definition) is 0. The number of likely N-dealkylation sites (tertiary alicyclic amines) is 1. The second kappa shape index (κ2) is 8.59. The monoisotopic (exact) mass is 371 g/mol. The Balaban J connectivity index is 1.49. The maximum absolute atomic E-state index is 10.7. The Kier molecular flexibility index (Phi) is 5.97. The molecule has 1 atom stereocenters. The Bertz CT molecular complexity index is 724. The van der Waals surface area contributed by atoms with E-state index in [-0.39, 0.29) is 11.4 Å². The minimum Gasteiger partial charge on any atom is -0.492 e. The molecule has 1 fully saturated rings. The van der Waals surface area contributed by atoms with Crippen molar-refractivity contribution in [1.29, 1.82) is 0 Å². The molecule has 0 aliphatic carbocycles. The lowest BCUT2D eigenvalue weighted by atomic mass is 10.1. The van der Waals surface area contributed by atoms with Gasteiger partial charge in [0.25, 0.3) is 11.4 Å². The van der Waals surface area contributed by atoms with Crippen LogP contribution in [0.25, 0.3) is 0 Å². The molecule has 0 saturated carbocycles. The summed E-state index contributed by atoms with van der Waals surface area (Å²) in [6.07, 6.45) is 2.98. The third-order valence-corrected chi connectivity index (χ3v) is 4.82. The Morgan fingerprint density at radius 1 is 0.963 bits per heavy atom. The number of ether oxygens (including phenoxy) is 1. The normalized spacial score (nSPS) is 17.0. The summed E-state index contributed by atoms with van der Waals surface area (Å²) >= 11 is 0. The number of benzene rings is 2. The van der Waals surface area contributed by atoms with Crippen LogP contribution in [-0.2, 0) is 6.42 Å². The zero-order valence-electron chi connectivity index (χ0n) is 14.8. The first-order chi connectivity index (χ1) is 13.0. The van der Waals surface area contributed by atoms with Crippen LogP contribution in [0, 0.1) is 20.2 Å². The van der Waals surface area contributed by atoms with Crippen LogP contribution in [0.2, 0.25) is 0 Å². The van der Waals surface area contributed by atoms with Gasteiger partial charge in [-0.15, -0.1) is 0 Å². The molecule has 142 valence electrons. The molecule has 1 unspecified atom stereocenters. The fourth-order valence-corrected chi connectivity index (χ4v) is 3.29. The molecule has 8 heteroatoms. The Labute approximate surface area is 156 Å². The zero-order valence-corrected chi connectivity index (χ0v) is 14.8. The van der Waals surface area contributed by atoms with Gasteiger partial charge in [-0.3, -0.25) is 25.1 Å². The van der Waals surface area contributed by atoms with E-state index in [1.165, 1.54) is 24.3 Å². The lowest BCUT2D eigenvalue weighted by molar-refractivity contribution is -0.385. The minimum absolute atomic E-state index is 0.0490. The fourth-order valence-electron chi connectivity index (χ4n) is 3.29. The smallest absolute Gasteiger partial charge is 0.269 e. The van der Waals surface area contributed by atoms with E-state index >= 15 is 0 Å². The van der Waals surface area contributed by atoms with Gasteiger partial charge in [-0.2, -0.15) is 0 Å². The number of nitrogens with zero attached hydrogens (tertiary/aromatic N) is 3. The van der Waals surface area contributed by atoms with Gasteiger partial charge in [0.1, 0.15) is 12.4 Å². The van der Waals surface area contributed by atoms with Crippen molar-refractivity contribution in [1.82, 2.24) is 4.90 Å².